The van der Waals surface area contributed by atoms with Crippen molar-refractivity contribution < 1.29 is 39.9 Å². The molecule has 0 radical (unpaired) electrons. The highest BCUT2D eigenvalue weighted by molar-refractivity contribution is 5.88. The molecule has 0 aliphatic heterocycles. The molecule has 0 spiro atoms. The topological polar surface area (TPSA) is 152 Å². The van der Waals surface area contributed by atoms with Gasteiger partial charge in [0.15, 0.2) is 5.60 Å². The molecule has 0 fully saturated rings. The molecule has 8 nitrogen and oxygen atoms in total. The second-order valence-electron chi connectivity index (χ2n) is 7.09. The Morgan fingerprint density at radius 1 is 0.643 bits per heavy atom. The molecule has 0 aliphatic carbocycles. The Bertz CT molecular complexity index is 394. The van der Waals surface area contributed by atoms with Crippen LogP contribution in [0.4, 0.5) is 0 Å². The summed E-state index contributed by atoms with van der Waals surface area (Å²) in [5.41, 5.74) is -2.74. The Morgan fingerprint density at radius 3 is 1.21 bits per heavy atom. The summed E-state index contributed by atoms with van der Waals surface area (Å²) in [6, 6.07) is 0. The number of aliphatic hydroxyl groups excluding tert-OH is 1. The second-order valence-corrected chi connectivity index (χ2v) is 7.09. The van der Waals surface area contributed by atoms with Crippen molar-refractivity contribution in [2.24, 2.45) is 0 Å². The van der Waals surface area contributed by atoms with Gasteiger partial charge in [0, 0.05) is 6.61 Å². The number of carboxylic acid groups (broad SMARTS) is 3. The lowest BCUT2D eigenvalue weighted by molar-refractivity contribution is -0.170. The normalized spacial score (nSPS) is 10.8. The van der Waals surface area contributed by atoms with E-state index in [0.717, 1.165) is 6.42 Å². The summed E-state index contributed by atoms with van der Waals surface area (Å²) in [4.78, 5) is 30.5. The number of unbranched alkanes of at least 4 members (excludes halogenated alkanes) is 11. The maximum atomic E-state index is 10.3. The molecule has 0 aromatic carbocycles. The molecule has 5 N–H and O–H groups in total. The van der Waals surface area contributed by atoms with E-state index >= 15 is 0 Å². The predicted octanol–water partition coefficient (Wildman–Crippen LogP) is 3.43. The van der Waals surface area contributed by atoms with Crippen LogP contribution in [0.2, 0.25) is 0 Å². The van der Waals surface area contributed by atoms with E-state index in [1.165, 1.54) is 70.6 Å². The van der Waals surface area contributed by atoms with Gasteiger partial charge < -0.3 is 25.5 Å². The van der Waals surface area contributed by atoms with Crippen LogP contribution in [-0.2, 0) is 14.4 Å². The molecule has 0 aromatic heterocycles. The largest absolute Gasteiger partial charge is 0.481 e. The van der Waals surface area contributed by atoms with Gasteiger partial charge in [-0.25, -0.2) is 4.79 Å². The molecule has 0 amide bonds. The van der Waals surface area contributed by atoms with E-state index in [4.69, 9.17) is 25.5 Å². The first kappa shape index (κ1) is 28.5. The monoisotopic (exact) mass is 406 g/mol. The summed E-state index contributed by atoms with van der Waals surface area (Å²) >= 11 is 0. The van der Waals surface area contributed by atoms with E-state index < -0.39 is 36.4 Å². The summed E-state index contributed by atoms with van der Waals surface area (Å²) in [6.07, 6.45) is 14.0. The third-order valence-corrected chi connectivity index (χ3v) is 4.30. The zero-order chi connectivity index (χ0) is 21.8. The fourth-order valence-corrected chi connectivity index (χ4v) is 2.67. The lowest BCUT2D eigenvalue weighted by Crippen LogP contribution is -2.42. The minimum absolute atomic E-state index is 0.372. The molecule has 28 heavy (non-hydrogen) atoms. The summed E-state index contributed by atoms with van der Waals surface area (Å²) in [7, 11) is 0. The van der Waals surface area contributed by atoms with Gasteiger partial charge in [-0.3, -0.25) is 9.59 Å². The van der Waals surface area contributed by atoms with Crippen molar-refractivity contribution in [3.05, 3.63) is 0 Å². The van der Waals surface area contributed by atoms with Crippen molar-refractivity contribution in [3.63, 3.8) is 0 Å². The zero-order valence-electron chi connectivity index (χ0n) is 17.1. The van der Waals surface area contributed by atoms with Gasteiger partial charge in [-0.2, -0.15) is 0 Å². The maximum absolute atomic E-state index is 10.3. The Labute approximate surface area is 167 Å². The van der Waals surface area contributed by atoms with Gasteiger partial charge in [-0.05, 0) is 6.42 Å². The van der Waals surface area contributed by atoms with Crippen molar-refractivity contribution >= 4 is 17.9 Å². The Hall–Kier alpha value is -1.67. The minimum Gasteiger partial charge on any atom is -0.481 e. The van der Waals surface area contributed by atoms with E-state index in [2.05, 4.69) is 6.92 Å². The Balaban J connectivity index is 0. The number of carboxylic acids is 3. The van der Waals surface area contributed by atoms with Crippen molar-refractivity contribution in [2.45, 2.75) is 102 Å². The summed E-state index contributed by atoms with van der Waals surface area (Å²) in [6.45, 7) is 2.64. The second kappa shape index (κ2) is 18.7. The number of aliphatic hydroxyl groups is 2. The molecule has 0 atom stereocenters. The fourth-order valence-electron chi connectivity index (χ4n) is 2.67. The highest BCUT2D eigenvalue weighted by Gasteiger charge is 2.40. The lowest BCUT2D eigenvalue weighted by Gasteiger charge is -2.18. The van der Waals surface area contributed by atoms with E-state index in [-0.39, 0.29) is 0 Å². The first-order chi connectivity index (χ1) is 13.2. The molecule has 0 saturated heterocycles. The molecule has 0 saturated carbocycles. The predicted molar refractivity (Wildman–Crippen MR) is 105 cm³/mol. The van der Waals surface area contributed by atoms with Crippen LogP contribution in [0.5, 0.6) is 0 Å². The number of aliphatic carboxylic acids is 3. The van der Waals surface area contributed by atoms with Gasteiger partial charge >= 0.3 is 17.9 Å². The number of carbonyl (C=O) groups is 3. The van der Waals surface area contributed by atoms with Crippen LogP contribution in [0.15, 0.2) is 0 Å². The minimum atomic E-state index is -2.74. The van der Waals surface area contributed by atoms with Gasteiger partial charge in [0.25, 0.3) is 0 Å². The van der Waals surface area contributed by atoms with E-state index in [1.54, 1.807) is 0 Å². The smallest absolute Gasteiger partial charge is 0.336 e. The number of hydrogen-bond acceptors (Lipinski definition) is 5. The first-order valence-corrected chi connectivity index (χ1v) is 10.2. The molecule has 0 aliphatic rings. The van der Waals surface area contributed by atoms with Crippen LogP contribution in [0, 0.1) is 0 Å². The van der Waals surface area contributed by atoms with Crippen LogP contribution < -0.4 is 0 Å². The molecular weight excluding hydrogens is 368 g/mol. The van der Waals surface area contributed by atoms with Crippen molar-refractivity contribution in [1.29, 1.82) is 0 Å². The van der Waals surface area contributed by atoms with Gasteiger partial charge in [-0.1, -0.05) is 77.6 Å². The van der Waals surface area contributed by atoms with Crippen LogP contribution in [0.25, 0.3) is 0 Å². The standard InChI is InChI=1S/C14H30O.C6H8O7/c1-2-3-4-5-6-7-8-9-10-11-12-13-14-15;7-3(8)1-6(13,5(11)12)2-4(9)10/h15H,2-14H2,1H3;13H,1-2H2,(H,7,8)(H,9,10)(H,11,12). The molecular formula is C20H38O8. The third kappa shape index (κ3) is 19.1. The average Bonchev–Trinajstić information content (AvgIpc) is 2.59. The first-order valence-electron chi connectivity index (χ1n) is 10.2. The SMILES string of the molecule is CCCCCCCCCCCCCCO.O=C(O)CC(O)(CC(=O)O)C(=O)O. The van der Waals surface area contributed by atoms with Crippen molar-refractivity contribution in [3.8, 4) is 0 Å². The molecule has 8 heteroatoms. The average molecular weight is 407 g/mol. The van der Waals surface area contributed by atoms with Crippen molar-refractivity contribution in [1.82, 2.24) is 0 Å². The molecule has 0 aromatic rings. The highest BCUT2D eigenvalue weighted by Crippen LogP contribution is 2.15. The molecule has 0 unspecified atom stereocenters. The number of rotatable bonds is 17. The van der Waals surface area contributed by atoms with E-state index in [9.17, 15) is 14.4 Å². The van der Waals surface area contributed by atoms with Crippen LogP contribution in [0.3, 0.4) is 0 Å². The van der Waals surface area contributed by atoms with Gasteiger partial charge in [0.2, 0.25) is 0 Å². The van der Waals surface area contributed by atoms with Crippen LogP contribution >= 0.6 is 0 Å². The molecule has 166 valence electrons. The third-order valence-electron chi connectivity index (χ3n) is 4.30. The van der Waals surface area contributed by atoms with E-state index in [0.29, 0.717) is 6.61 Å². The summed E-state index contributed by atoms with van der Waals surface area (Å²) in [5.74, 6) is -5.02. The highest BCUT2D eigenvalue weighted by atomic mass is 16.4. The van der Waals surface area contributed by atoms with Gasteiger partial charge in [0.05, 0.1) is 12.8 Å². The summed E-state index contributed by atoms with van der Waals surface area (Å²) < 4.78 is 0. The fraction of sp³-hybridized carbons (Fsp3) is 0.850. The lowest BCUT2D eigenvalue weighted by atomic mass is 9.96. The molecule has 0 heterocycles. The van der Waals surface area contributed by atoms with Crippen molar-refractivity contribution in [2.75, 3.05) is 6.61 Å². The van der Waals surface area contributed by atoms with Gasteiger partial charge in [-0.15, -0.1) is 0 Å². The maximum Gasteiger partial charge on any atom is 0.336 e. The molecule has 0 bridgehead atoms. The van der Waals surface area contributed by atoms with Crippen LogP contribution in [0.1, 0.15) is 96.8 Å². The van der Waals surface area contributed by atoms with E-state index in [1.807, 2.05) is 0 Å². The summed E-state index contributed by atoms with van der Waals surface area (Å²) in [5, 5.41) is 42.4. The number of hydrogen-bond donors (Lipinski definition) is 5. The van der Waals surface area contributed by atoms with Crippen LogP contribution in [-0.4, -0.2) is 55.6 Å². The molecule has 0 rings (SSSR count). The Morgan fingerprint density at radius 2 is 0.964 bits per heavy atom. The van der Waals surface area contributed by atoms with Gasteiger partial charge in [0.1, 0.15) is 0 Å². The zero-order valence-corrected chi connectivity index (χ0v) is 17.1. The Kier molecular flexibility index (Phi) is 19.0. The quantitative estimate of drug-likeness (QED) is 0.230.